The third kappa shape index (κ3) is 4.97. The first-order valence-corrected chi connectivity index (χ1v) is 12.7. The third-order valence-electron chi connectivity index (χ3n) is 6.11. The lowest BCUT2D eigenvalue weighted by Gasteiger charge is -2.22. The molecule has 2 heterocycles. The molecule has 0 aliphatic rings. The van der Waals surface area contributed by atoms with Crippen molar-refractivity contribution in [3.63, 3.8) is 0 Å². The summed E-state index contributed by atoms with van der Waals surface area (Å²) in [6.45, 7) is 4.54. The summed E-state index contributed by atoms with van der Waals surface area (Å²) in [6, 6.07) is 25.3. The first-order chi connectivity index (χ1) is 17.5. The van der Waals surface area contributed by atoms with Crippen LogP contribution in [0.1, 0.15) is 39.2 Å². The predicted molar refractivity (Wildman–Crippen MR) is 144 cm³/mol. The number of para-hydroxylation sites is 1. The van der Waals surface area contributed by atoms with E-state index in [1.54, 1.807) is 17.0 Å². The normalized spacial score (nSPS) is 11.1. The highest BCUT2D eigenvalue weighted by Gasteiger charge is 2.23. The molecule has 1 N–H and O–H groups in total. The Labute approximate surface area is 213 Å². The van der Waals surface area contributed by atoms with Crippen LogP contribution in [0.5, 0.6) is 0 Å². The summed E-state index contributed by atoms with van der Waals surface area (Å²) >= 11 is 1.39. The second kappa shape index (κ2) is 10.3. The van der Waals surface area contributed by atoms with Crippen molar-refractivity contribution >= 4 is 28.1 Å². The zero-order valence-electron chi connectivity index (χ0n) is 20.2. The second-order valence-corrected chi connectivity index (χ2v) is 9.66. The van der Waals surface area contributed by atoms with Crippen molar-refractivity contribution in [1.82, 2.24) is 19.9 Å². The molecule has 0 bridgehead atoms. The minimum absolute atomic E-state index is 0.138. The Morgan fingerprint density at radius 1 is 0.889 bits per heavy atom. The Morgan fingerprint density at radius 2 is 1.61 bits per heavy atom. The van der Waals surface area contributed by atoms with Crippen LogP contribution in [0.15, 0.2) is 83.7 Å². The van der Waals surface area contributed by atoms with Crippen LogP contribution < -0.4 is 5.56 Å². The van der Waals surface area contributed by atoms with E-state index in [9.17, 15) is 9.59 Å². The Morgan fingerprint density at radius 3 is 2.36 bits per heavy atom. The molecule has 180 valence electrons. The highest BCUT2D eigenvalue weighted by atomic mass is 32.1. The van der Waals surface area contributed by atoms with Gasteiger partial charge in [0.1, 0.15) is 15.7 Å². The van der Waals surface area contributed by atoms with Crippen molar-refractivity contribution in [3.05, 3.63) is 117 Å². The van der Waals surface area contributed by atoms with Crippen LogP contribution in [0.4, 0.5) is 0 Å². The van der Waals surface area contributed by atoms with Crippen LogP contribution in [-0.4, -0.2) is 25.8 Å². The maximum atomic E-state index is 13.8. The highest BCUT2D eigenvalue weighted by Crippen LogP contribution is 2.30. The largest absolute Gasteiger partial charge is 0.326 e. The van der Waals surface area contributed by atoms with E-state index in [0.29, 0.717) is 33.8 Å². The number of amides is 1. The number of hydrogen-bond donors (Lipinski definition) is 1. The van der Waals surface area contributed by atoms with Crippen LogP contribution >= 0.6 is 11.3 Å². The number of aryl methyl sites for hydroxylation is 2. The van der Waals surface area contributed by atoms with Crippen molar-refractivity contribution in [2.75, 3.05) is 0 Å². The first-order valence-electron chi connectivity index (χ1n) is 11.9. The van der Waals surface area contributed by atoms with Gasteiger partial charge < -0.3 is 9.88 Å². The molecule has 5 rings (SSSR count). The second-order valence-electron chi connectivity index (χ2n) is 8.66. The smallest absolute Gasteiger partial charge is 0.266 e. The Kier molecular flexibility index (Phi) is 6.73. The summed E-state index contributed by atoms with van der Waals surface area (Å²) in [5, 5.41) is 1.34. The molecule has 2 aromatic heterocycles. The lowest BCUT2D eigenvalue weighted by atomic mass is 10.1. The molecule has 0 radical (unpaired) electrons. The van der Waals surface area contributed by atoms with E-state index in [0.717, 1.165) is 22.6 Å². The van der Waals surface area contributed by atoms with E-state index in [1.807, 2.05) is 49.4 Å². The third-order valence-corrected chi connectivity index (χ3v) is 7.30. The van der Waals surface area contributed by atoms with Crippen molar-refractivity contribution < 1.29 is 4.79 Å². The molecule has 7 heteroatoms. The number of nitrogens with zero attached hydrogens (tertiary/aromatic N) is 3. The summed E-state index contributed by atoms with van der Waals surface area (Å²) in [7, 11) is 0. The summed E-state index contributed by atoms with van der Waals surface area (Å²) in [5.74, 6) is 0.307. The zero-order chi connectivity index (χ0) is 25.1. The lowest BCUT2D eigenvalue weighted by molar-refractivity contribution is 0.0729. The summed E-state index contributed by atoms with van der Waals surface area (Å²) < 4.78 is 0. The minimum atomic E-state index is -0.213. The van der Waals surface area contributed by atoms with Gasteiger partial charge in [0.25, 0.3) is 11.5 Å². The fraction of sp³-hybridized carbons (Fsp3) is 0.172. The molecule has 0 aliphatic carbocycles. The van der Waals surface area contributed by atoms with Gasteiger partial charge in [-0.1, -0.05) is 73.7 Å². The van der Waals surface area contributed by atoms with E-state index >= 15 is 0 Å². The van der Waals surface area contributed by atoms with Crippen LogP contribution in [0.3, 0.4) is 0 Å². The molecule has 0 atom stereocenters. The monoisotopic (exact) mass is 494 g/mol. The fourth-order valence-corrected chi connectivity index (χ4v) is 5.18. The van der Waals surface area contributed by atoms with Crippen LogP contribution in [0.2, 0.25) is 0 Å². The number of benzene rings is 3. The molecule has 5 aromatic rings. The van der Waals surface area contributed by atoms with Crippen LogP contribution in [0, 0.1) is 6.92 Å². The fourth-order valence-electron chi connectivity index (χ4n) is 4.14. The number of fused-ring (bicyclic) bond motifs is 1. The summed E-state index contributed by atoms with van der Waals surface area (Å²) in [4.78, 5) is 41.0. The molecule has 36 heavy (non-hydrogen) atoms. The predicted octanol–water partition coefficient (Wildman–Crippen LogP) is 5.76. The van der Waals surface area contributed by atoms with Crippen molar-refractivity contribution in [2.45, 2.75) is 33.4 Å². The van der Waals surface area contributed by atoms with Crippen LogP contribution in [0.25, 0.3) is 21.5 Å². The van der Waals surface area contributed by atoms with Gasteiger partial charge in [-0.25, -0.2) is 9.97 Å². The summed E-state index contributed by atoms with van der Waals surface area (Å²) in [5.41, 5.74) is 4.33. The summed E-state index contributed by atoms with van der Waals surface area (Å²) in [6.07, 6.45) is 0.972. The molecule has 0 aliphatic heterocycles. The number of rotatable bonds is 7. The SMILES string of the molecule is CCc1ccc(-c2nc(C)c(C(=O)N(Cc3ccccc3)Cc3nc4ccccc4c(=O)[nH]3)s2)cc1. The van der Waals surface area contributed by atoms with Crippen LogP contribution in [-0.2, 0) is 19.5 Å². The first kappa shape index (κ1) is 23.6. The maximum absolute atomic E-state index is 13.8. The van der Waals surface area contributed by atoms with Gasteiger partial charge >= 0.3 is 0 Å². The van der Waals surface area contributed by atoms with Gasteiger partial charge in [-0.05, 0) is 36.6 Å². The van der Waals surface area contributed by atoms with E-state index in [1.165, 1.54) is 16.9 Å². The average molecular weight is 495 g/mol. The van der Waals surface area contributed by atoms with E-state index in [2.05, 4.69) is 41.2 Å². The average Bonchev–Trinajstić information content (AvgIpc) is 3.30. The van der Waals surface area contributed by atoms with Gasteiger partial charge in [0, 0.05) is 12.1 Å². The van der Waals surface area contributed by atoms with Gasteiger partial charge in [0.2, 0.25) is 0 Å². The molecule has 0 spiro atoms. The molecule has 0 unspecified atom stereocenters. The van der Waals surface area contributed by atoms with Gasteiger partial charge in [-0.15, -0.1) is 11.3 Å². The van der Waals surface area contributed by atoms with Crippen molar-refractivity contribution in [2.24, 2.45) is 0 Å². The Balaban J connectivity index is 1.49. The highest BCUT2D eigenvalue weighted by molar-refractivity contribution is 7.17. The van der Waals surface area contributed by atoms with Gasteiger partial charge in [-0.3, -0.25) is 9.59 Å². The number of nitrogens with one attached hydrogen (secondary N) is 1. The van der Waals surface area contributed by atoms with Gasteiger partial charge in [0.15, 0.2) is 0 Å². The quantitative estimate of drug-likeness (QED) is 0.312. The van der Waals surface area contributed by atoms with Crippen molar-refractivity contribution in [1.29, 1.82) is 0 Å². The molecule has 0 fully saturated rings. The maximum Gasteiger partial charge on any atom is 0.266 e. The molecule has 1 amide bonds. The molecular formula is C29H26N4O2S. The minimum Gasteiger partial charge on any atom is -0.326 e. The Hall–Kier alpha value is -4.10. The standard InChI is InChI=1S/C29H26N4O2S/c1-3-20-13-15-22(16-14-20)28-30-19(2)26(36-28)29(35)33(17-21-9-5-4-6-10-21)18-25-31-24-12-8-7-11-23(24)27(34)32-25/h4-16H,3,17-18H2,1-2H3,(H,31,32,34). The van der Waals surface area contributed by atoms with E-state index in [-0.39, 0.29) is 18.0 Å². The lowest BCUT2D eigenvalue weighted by Crippen LogP contribution is -2.31. The molecule has 3 aromatic carbocycles. The van der Waals surface area contributed by atoms with E-state index < -0.39 is 0 Å². The number of thiazole rings is 1. The zero-order valence-corrected chi connectivity index (χ0v) is 21.0. The number of carbonyl (C=O) groups is 1. The number of H-pyrrole nitrogens is 1. The number of carbonyl (C=O) groups excluding carboxylic acids is 1. The molecule has 0 saturated carbocycles. The Bertz CT molecular complexity index is 1570. The number of aromatic amines is 1. The number of hydrogen-bond acceptors (Lipinski definition) is 5. The number of aromatic nitrogens is 3. The molecule has 0 saturated heterocycles. The topological polar surface area (TPSA) is 79.0 Å². The molecule has 6 nitrogen and oxygen atoms in total. The van der Waals surface area contributed by atoms with Gasteiger partial charge in [-0.2, -0.15) is 0 Å². The van der Waals surface area contributed by atoms with Gasteiger partial charge in [0.05, 0.1) is 23.1 Å². The van der Waals surface area contributed by atoms with Crippen molar-refractivity contribution in [3.8, 4) is 10.6 Å². The van der Waals surface area contributed by atoms with E-state index in [4.69, 9.17) is 4.98 Å². The molecular weight excluding hydrogens is 468 g/mol.